The van der Waals surface area contributed by atoms with Gasteiger partial charge in [0.1, 0.15) is 11.3 Å². The Morgan fingerprint density at radius 2 is 2.08 bits per heavy atom. The van der Waals surface area contributed by atoms with Crippen LogP contribution < -0.4 is 11.2 Å². The average Bonchev–Trinajstić information content (AvgIpc) is 3.03. The first-order chi connectivity index (χ1) is 11.8. The van der Waals surface area contributed by atoms with E-state index in [4.69, 9.17) is 4.74 Å². The third-order valence-corrected chi connectivity index (χ3v) is 6.06. The van der Waals surface area contributed by atoms with E-state index in [2.05, 4.69) is 57.6 Å². The average molecular weight is 421 g/mol. The molecule has 3 rings (SSSR count). The Bertz CT molecular complexity index is 904. The molecule has 0 aliphatic carbocycles. The molecule has 0 saturated heterocycles. The van der Waals surface area contributed by atoms with Crippen LogP contribution >= 0.6 is 26.0 Å². The first-order valence-electron chi connectivity index (χ1n) is 8.17. The van der Waals surface area contributed by atoms with Gasteiger partial charge in [-0.3, -0.25) is 4.68 Å². The standard InChI is InChI=1S/C16H23B2BrN4OS/c1-25(2,3)5-4-24-9-23-16(18)14(15(17)22-23)11-7-20-12-8-21-13(19)6-10(11)12/h6-8,20H,4-5,9,17-18H2,1-3H3. The van der Waals surface area contributed by atoms with Gasteiger partial charge in [-0.1, -0.05) is 0 Å². The number of rotatable bonds is 6. The van der Waals surface area contributed by atoms with Gasteiger partial charge in [0.15, 0.2) is 15.7 Å². The van der Waals surface area contributed by atoms with Gasteiger partial charge in [0.05, 0.1) is 18.3 Å². The first kappa shape index (κ1) is 18.6. The Labute approximate surface area is 160 Å². The van der Waals surface area contributed by atoms with E-state index < -0.39 is 10.0 Å². The van der Waals surface area contributed by atoms with Crippen molar-refractivity contribution in [2.45, 2.75) is 6.73 Å². The highest BCUT2D eigenvalue weighted by atomic mass is 79.9. The van der Waals surface area contributed by atoms with Gasteiger partial charge >= 0.3 is 0 Å². The Morgan fingerprint density at radius 1 is 1.32 bits per heavy atom. The van der Waals surface area contributed by atoms with Gasteiger partial charge in [0, 0.05) is 39.6 Å². The number of H-pyrrole nitrogens is 1. The summed E-state index contributed by atoms with van der Waals surface area (Å²) in [6.45, 7) is 1.27. The Balaban J connectivity index is 1.85. The highest BCUT2D eigenvalue weighted by Crippen LogP contribution is 2.33. The molecule has 0 fully saturated rings. The van der Waals surface area contributed by atoms with E-state index in [1.54, 1.807) is 0 Å². The second-order valence-corrected chi connectivity index (χ2v) is 12.5. The fourth-order valence-corrected chi connectivity index (χ4v) is 3.82. The number of nitrogens with one attached hydrogen (secondary N) is 1. The van der Waals surface area contributed by atoms with Gasteiger partial charge in [0.25, 0.3) is 0 Å². The van der Waals surface area contributed by atoms with E-state index in [0.717, 1.165) is 50.2 Å². The molecular weight excluding hydrogens is 398 g/mol. The number of hydrogen-bond acceptors (Lipinski definition) is 3. The molecular formula is C16H23B2BrN4OS. The van der Waals surface area contributed by atoms with Crippen molar-refractivity contribution in [3.05, 3.63) is 23.1 Å². The molecule has 0 unspecified atom stereocenters. The van der Waals surface area contributed by atoms with Gasteiger partial charge in [-0.25, -0.2) is 15.0 Å². The lowest BCUT2D eigenvalue weighted by Gasteiger charge is -2.24. The maximum atomic E-state index is 5.86. The fourth-order valence-electron chi connectivity index (χ4n) is 2.87. The Hall–Kier alpha value is -1.18. The Kier molecular flexibility index (Phi) is 5.37. The van der Waals surface area contributed by atoms with E-state index in [9.17, 15) is 0 Å². The van der Waals surface area contributed by atoms with Crippen molar-refractivity contribution < 1.29 is 4.74 Å². The topological polar surface area (TPSA) is 55.7 Å². The van der Waals surface area contributed by atoms with Crippen molar-refractivity contribution in [2.24, 2.45) is 0 Å². The molecule has 0 spiro atoms. The smallest absolute Gasteiger partial charge is 0.167 e. The second-order valence-electron chi connectivity index (χ2n) is 7.13. The molecule has 0 saturated carbocycles. The minimum atomic E-state index is -0.525. The van der Waals surface area contributed by atoms with Crippen LogP contribution in [0.4, 0.5) is 0 Å². The summed E-state index contributed by atoms with van der Waals surface area (Å²) in [6, 6.07) is 2.04. The largest absolute Gasteiger partial charge is 0.359 e. The van der Waals surface area contributed by atoms with Gasteiger partial charge in [-0.05, 0) is 40.8 Å². The zero-order chi connectivity index (χ0) is 18.2. The van der Waals surface area contributed by atoms with Crippen LogP contribution in [0.1, 0.15) is 0 Å². The van der Waals surface area contributed by atoms with Gasteiger partial charge < -0.3 is 9.72 Å². The molecule has 1 N–H and O–H groups in total. The number of nitrogens with zero attached hydrogens (tertiary/aromatic N) is 3. The summed E-state index contributed by atoms with van der Waals surface area (Å²) in [6.07, 6.45) is 10.8. The van der Waals surface area contributed by atoms with Crippen molar-refractivity contribution in [3.63, 3.8) is 0 Å². The molecule has 3 aromatic rings. The van der Waals surface area contributed by atoms with Crippen LogP contribution in [0.15, 0.2) is 23.1 Å². The van der Waals surface area contributed by atoms with Crippen molar-refractivity contribution in [1.82, 2.24) is 19.7 Å². The van der Waals surface area contributed by atoms with Crippen molar-refractivity contribution >= 4 is 63.7 Å². The normalized spacial score (nSPS) is 12.8. The molecule has 3 aromatic heterocycles. The molecule has 0 aromatic carbocycles. The molecule has 25 heavy (non-hydrogen) atoms. The highest BCUT2D eigenvalue weighted by molar-refractivity contribution is 9.10. The summed E-state index contributed by atoms with van der Waals surface area (Å²) in [5.74, 6) is 1.11. The van der Waals surface area contributed by atoms with E-state index in [-0.39, 0.29) is 0 Å². The van der Waals surface area contributed by atoms with E-state index in [1.165, 1.54) is 0 Å². The number of hydrogen-bond donors (Lipinski definition) is 1. The lowest BCUT2D eigenvalue weighted by Crippen LogP contribution is -2.22. The second kappa shape index (κ2) is 7.21. The van der Waals surface area contributed by atoms with E-state index >= 15 is 0 Å². The first-order valence-corrected chi connectivity index (χ1v) is 12.0. The van der Waals surface area contributed by atoms with E-state index in [1.807, 2.05) is 31.0 Å². The quantitative estimate of drug-likeness (QED) is 0.356. The predicted octanol–water partition coefficient (Wildman–Crippen LogP) is 0.374. The lowest BCUT2D eigenvalue weighted by atomic mass is 9.87. The van der Waals surface area contributed by atoms with Crippen LogP contribution in [0, 0.1) is 0 Å². The molecule has 9 heteroatoms. The van der Waals surface area contributed by atoms with Crippen LogP contribution in [-0.4, -0.2) is 66.6 Å². The maximum Gasteiger partial charge on any atom is 0.167 e. The SMILES string of the molecule is Bc1nn(COCCS(C)(C)C)c(B)c1-c1c[nH]c2cnc(Br)cc12. The molecule has 0 aliphatic heterocycles. The third-order valence-electron chi connectivity index (χ3n) is 4.24. The maximum absolute atomic E-state index is 5.86. The number of fused-ring (bicyclic) bond motifs is 1. The number of ether oxygens (including phenoxy) is 1. The summed E-state index contributed by atoms with van der Waals surface area (Å²) in [7, 11) is 3.62. The van der Waals surface area contributed by atoms with Gasteiger partial charge in [0.2, 0.25) is 0 Å². The molecule has 3 heterocycles. The summed E-state index contributed by atoms with van der Waals surface area (Å²) >= 11 is 3.46. The Morgan fingerprint density at radius 3 is 2.80 bits per heavy atom. The lowest BCUT2D eigenvalue weighted by molar-refractivity contribution is 0.0835. The van der Waals surface area contributed by atoms with Crippen molar-refractivity contribution in [2.75, 3.05) is 31.1 Å². The molecule has 0 atom stereocenters. The number of pyridine rings is 1. The van der Waals surface area contributed by atoms with Crippen LogP contribution in [-0.2, 0) is 11.5 Å². The van der Waals surface area contributed by atoms with Crippen LogP contribution in [0.5, 0.6) is 0 Å². The number of aromatic amines is 1. The van der Waals surface area contributed by atoms with Crippen LogP contribution in [0.3, 0.4) is 0 Å². The van der Waals surface area contributed by atoms with Crippen LogP contribution in [0.2, 0.25) is 0 Å². The summed E-state index contributed by atoms with van der Waals surface area (Å²) < 4.78 is 8.65. The monoisotopic (exact) mass is 420 g/mol. The predicted molar refractivity (Wildman–Crippen MR) is 118 cm³/mol. The van der Waals surface area contributed by atoms with Gasteiger partial charge in [-0.2, -0.15) is 5.10 Å². The minimum absolute atomic E-state index is 0.496. The summed E-state index contributed by atoms with van der Waals surface area (Å²) in [4.78, 5) is 7.58. The molecule has 5 nitrogen and oxygen atoms in total. The zero-order valence-electron chi connectivity index (χ0n) is 15.4. The van der Waals surface area contributed by atoms with Crippen LogP contribution in [0.25, 0.3) is 22.0 Å². The molecule has 0 bridgehead atoms. The van der Waals surface area contributed by atoms with Crippen molar-refractivity contribution in [1.29, 1.82) is 0 Å². The third kappa shape index (κ3) is 4.15. The number of aromatic nitrogens is 4. The zero-order valence-corrected chi connectivity index (χ0v) is 17.8. The molecule has 0 radical (unpaired) electrons. The van der Waals surface area contributed by atoms with Gasteiger partial charge in [-0.15, -0.1) is 0 Å². The minimum Gasteiger partial charge on any atom is -0.359 e. The van der Waals surface area contributed by atoms with Crippen molar-refractivity contribution in [3.8, 4) is 11.1 Å². The highest BCUT2D eigenvalue weighted by Gasteiger charge is 2.17. The molecule has 0 amide bonds. The fraction of sp³-hybridized carbons (Fsp3) is 0.375. The van der Waals surface area contributed by atoms with E-state index in [0.29, 0.717) is 6.73 Å². The molecule has 0 aliphatic rings. The summed E-state index contributed by atoms with van der Waals surface area (Å²) in [5, 5.41) is 5.83. The summed E-state index contributed by atoms with van der Waals surface area (Å²) in [5.41, 5.74) is 5.47. The molecule has 132 valence electrons. The number of halogens is 1.